The van der Waals surface area contributed by atoms with Crippen LogP contribution in [0.3, 0.4) is 0 Å². The molecule has 4 rings (SSSR count). The number of nitrogens with one attached hydrogen (secondary N) is 3. The lowest BCUT2D eigenvalue weighted by molar-refractivity contribution is -0.118. The Bertz CT molecular complexity index is 1480. The van der Waals surface area contributed by atoms with Crippen LogP contribution in [-0.4, -0.2) is 53.4 Å². The maximum absolute atomic E-state index is 13.1. The number of sulfone groups is 1. The summed E-state index contributed by atoms with van der Waals surface area (Å²) in [7, 11) is -3.27. The fourth-order valence-electron chi connectivity index (χ4n) is 4.21. The largest absolute Gasteiger partial charge is 0.455 e. The highest BCUT2D eigenvalue weighted by molar-refractivity contribution is 7.90. The van der Waals surface area contributed by atoms with Gasteiger partial charge in [0.25, 0.3) is 0 Å². The Kier molecular flexibility index (Phi) is 7.68. The molecule has 1 aliphatic heterocycles. The number of amides is 1. The van der Waals surface area contributed by atoms with Crippen molar-refractivity contribution in [3.05, 3.63) is 65.2 Å². The van der Waals surface area contributed by atoms with E-state index in [4.69, 9.17) is 4.74 Å². The van der Waals surface area contributed by atoms with Gasteiger partial charge in [0.05, 0.1) is 17.5 Å². The highest BCUT2D eigenvalue weighted by atomic mass is 32.2. The minimum atomic E-state index is -3.27. The van der Waals surface area contributed by atoms with Crippen molar-refractivity contribution < 1.29 is 17.9 Å². The van der Waals surface area contributed by atoms with Crippen LogP contribution in [0.15, 0.2) is 48.4 Å². The maximum Gasteiger partial charge on any atom is 0.247 e. The number of carbonyl (C=O) groups excluding carboxylic acids is 1. The van der Waals surface area contributed by atoms with Gasteiger partial charge in [-0.1, -0.05) is 0 Å². The molecule has 0 fully saturated rings. The molecule has 200 valence electrons. The monoisotopic (exact) mass is 536 g/mol. The van der Waals surface area contributed by atoms with Crippen molar-refractivity contribution in [1.82, 2.24) is 20.3 Å². The highest BCUT2D eigenvalue weighted by Crippen LogP contribution is 2.32. The molecule has 0 bridgehead atoms. The molecule has 3 heterocycles. The number of pyridine rings is 1. The van der Waals surface area contributed by atoms with Gasteiger partial charge < -0.3 is 20.7 Å². The van der Waals surface area contributed by atoms with Crippen molar-refractivity contribution in [2.24, 2.45) is 0 Å². The molecule has 3 aromatic rings. The lowest BCUT2D eigenvalue weighted by Crippen LogP contribution is -2.48. The van der Waals surface area contributed by atoms with Crippen LogP contribution < -0.4 is 20.7 Å². The number of rotatable bonds is 8. The Balaban J connectivity index is 1.56. The van der Waals surface area contributed by atoms with Crippen LogP contribution in [0.2, 0.25) is 0 Å². The second-order valence-electron chi connectivity index (χ2n) is 10.1. The lowest BCUT2D eigenvalue weighted by atomic mass is 10.0. The molecule has 0 spiro atoms. The molecule has 38 heavy (non-hydrogen) atoms. The Morgan fingerprint density at radius 2 is 1.92 bits per heavy atom. The van der Waals surface area contributed by atoms with Crippen LogP contribution in [0, 0.1) is 13.8 Å². The Hall–Kier alpha value is -3.99. The third-order valence-electron chi connectivity index (χ3n) is 5.81. The number of anilines is 3. The average Bonchev–Trinajstić information content (AvgIpc) is 3.04. The summed E-state index contributed by atoms with van der Waals surface area (Å²) < 4.78 is 29.5. The van der Waals surface area contributed by atoms with E-state index >= 15 is 0 Å². The van der Waals surface area contributed by atoms with Gasteiger partial charge in [-0.25, -0.2) is 18.4 Å². The van der Waals surface area contributed by atoms with Crippen molar-refractivity contribution >= 4 is 39.1 Å². The van der Waals surface area contributed by atoms with Crippen LogP contribution in [0.25, 0.3) is 6.08 Å². The van der Waals surface area contributed by atoms with E-state index < -0.39 is 15.4 Å². The van der Waals surface area contributed by atoms with E-state index in [1.165, 1.54) is 6.33 Å². The summed E-state index contributed by atoms with van der Waals surface area (Å²) in [4.78, 5) is 26.1. The van der Waals surface area contributed by atoms with E-state index in [2.05, 4.69) is 30.9 Å². The van der Waals surface area contributed by atoms with Gasteiger partial charge in [0.2, 0.25) is 5.91 Å². The quantitative estimate of drug-likeness (QED) is 0.388. The SMILES string of the molecule is Cc1ccc(Oc2ccc(Nc3ncnc4c3C=C(C(=O)NC(C)(C)CS(C)(=O)=O)CCN4)cc2C)cn1. The van der Waals surface area contributed by atoms with Gasteiger partial charge >= 0.3 is 0 Å². The van der Waals surface area contributed by atoms with E-state index in [1.807, 2.05) is 44.2 Å². The summed E-state index contributed by atoms with van der Waals surface area (Å²) in [6.45, 7) is 7.75. The highest BCUT2D eigenvalue weighted by Gasteiger charge is 2.27. The van der Waals surface area contributed by atoms with Gasteiger partial charge in [-0.3, -0.25) is 9.78 Å². The molecule has 10 nitrogen and oxygen atoms in total. The number of carbonyl (C=O) groups is 1. The second-order valence-corrected chi connectivity index (χ2v) is 12.2. The number of aryl methyl sites for hydroxylation is 2. The number of hydrogen-bond donors (Lipinski definition) is 3. The normalized spacial score (nSPS) is 13.4. The molecule has 1 aliphatic rings. The first-order valence-corrected chi connectivity index (χ1v) is 14.2. The van der Waals surface area contributed by atoms with E-state index in [9.17, 15) is 13.2 Å². The predicted molar refractivity (Wildman–Crippen MR) is 149 cm³/mol. The standard InChI is InChI=1S/C27H32N6O4S/c1-17-12-20(7-9-23(17)37-21-8-6-18(2)29-14-21)32-25-22-13-19(10-11-28-24(22)30-16-31-25)26(34)33-27(3,4)15-38(5,35)36/h6-9,12-14,16H,10-11,15H2,1-5H3,(H,33,34)(H2,28,30,31,32). The van der Waals surface area contributed by atoms with Crippen LogP contribution >= 0.6 is 0 Å². The zero-order valence-corrected chi connectivity index (χ0v) is 22.9. The minimum Gasteiger partial charge on any atom is -0.455 e. The van der Waals surface area contributed by atoms with Gasteiger partial charge in [-0.05, 0) is 76.1 Å². The summed E-state index contributed by atoms with van der Waals surface area (Å²) in [5.74, 6) is 2.00. The fraction of sp³-hybridized carbons (Fsp3) is 0.333. The molecular weight excluding hydrogens is 504 g/mol. The van der Waals surface area contributed by atoms with Crippen LogP contribution in [-0.2, 0) is 14.6 Å². The molecule has 11 heteroatoms. The second kappa shape index (κ2) is 10.8. The molecule has 2 aromatic heterocycles. The molecule has 0 unspecified atom stereocenters. The zero-order chi connectivity index (χ0) is 27.5. The first-order valence-electron chi connectivity index (χ1n) is 12.2. The van der Waals surface area contributed by atoms with Crippen molar-refractivity contribution in [2.45, 2.75) is 39.7 Å². The van der Waals surface area contributed by atoms with Crippen molar-refractivity contribution in [3.8, 4) is 11.5 Å². The van der Waals surface area contributed by atoms with Gasteiger partial charge in [0.15, 0.2) is 0 Å². The third kappa shape index (κ3) is 7.06. The van der Waals surface area contributed by atoms with E-state index in [1.54, 1.807) is 26.1 Å². The third-order valence-corrected chi connectivity index (χ3v) is 7.05. The molecule has 0 atom stereocenters. The van der Waals surface area contributed by atoms with E-state index in [0.717, 1.165) is 23.2 Å². The topological polar surface area (TPSA) is 135 Å². The predicted octanol–water partition coefficient (Wildman–Crippen LogP) is 4.16. The molecular formula is C27H32N6O4S. The Morgan fingerprint density at radius 3 is 2.61 bits per heavy atom. The molecule has 1 amide bonds. The molecule has 3 N–H and O–H groups in total. The number of ether oxygens (including phenoxy) is 1. The molecule has 0 aliphatic carbocycles. The summed E-state index contributed by atoms with van der Waals surface area (Å²) in [6, 6.07) is 9.46. The number of fused-ring (bicyclic) bond motifs is 1. The first kappa shape index (κ1) is 27.1. The summed E-state index contributed by atoms with van der Waals surface area (Å²) in [5, 5.41) is 9.42. The number of aromatic nitrogens is 3. The van der Waals surface area contributed by atoms with Crippen molar-refractivity contribution in [2.75, 3.05) is 29.2 Å². The van der Waals surface area contributed by atoms with Gasteiger partial charge in [-0.2, -0.15) is 0 Å². The molecule has 0 saturated carbocycles. The zero-order valence-electron chi connectivity index (χ0n) is 22.1. The van der Waals surface area contributed by atoms with Crippen molar-refractivity contribution in [1.29, 1.82) is 0 Å². The molecule has 0 saturated heterocycles. The number of hydrogen-bond acceptors (Lipinski definition) is 9. The van der Waals surface area contributed by atoms with Crippen LogP contribution in [0.4, 0.5) is 17.3 Å². The summed E-state index contributed by atoms with van der Waals surface area (Å²) >= 11 is 0. The summed E-state index contributed by atoms with van der Waals surface area (Å²) in [5.41, 5.74) is 2.84. The smallest absolute Gasteiger partial charge is 0.247 e. The van der Waals surface area contributed by atoms with Gasteiger partial charge in [0.1, 0.15) is 39.3 Å². The van der Waals surface area contributed by atoms with Crippen molar-refractivity contribution in [3.63, 3.8) is 0 Å². The molecule has 0 radical (unpaired) electrons. The first-order chi connectivity index (χ1) is 17.9. The van der Waals surface area contributed by atoms with Crippen LogP contribution in [0.5, 0.6) is 11.5 Å². The van der Waals surface area contributed by atoms with Gasteiger partial charge in [-0.15, -0.1) is 0 Å². The van der Waals surface area contributed by atoms with Gasteiger partial charge in [0, 0.05) is 35.3 Å². The van der Waals surface area contributed by atoms with Crippen LogP contribution in [0.1, 0.15) is 37.1 Å². The fourth-order valence-corrected chi connectivity index (χ4v) is 5.60. The average molecular weight is 537 g/mol. The number of nitrogens with zero attached hydrogens (tertiary/aromatic N) is 3. The number of benzene rings is 1. The lowest BCUT2D eigenvalue weighted by Gasteiger charge is -2.25. The van der Waals surface area contributed by atoms with E-state index in [-0.39, 0.29) is 11.7 Å². The molecule has 1 aromatic carbocycles. The maximum atomic E-state index is 13.1. The Labute approximate surface area is 222 Å². The summed E-state index contributed by atoms with van der Waals surface area (Å²) in [6.07, 6.45) is 6.48. The minimum absolute atomic E-state index is 0.163. The van der Waals surface area contributed by atoms with E-state index in [0.29, 0.717) is 47.2 Å². The Morgan fingerprint density at radius 1 is 1.13 bits per heavy atom.